The van der Waals surface area contributed by atoms with Crippen molar-refractivity contribution < 1.29 is 5.11 Å². The van der Waals surface area contributed by atoms with E-state index in [1.54, 1.807) is 6.07 Å². The molecule has 4 rings (SSSR count). The molecule has 2 aromatic heterocycles. The lowest BCUT2D eigenvalue weighted by Gasteiger charge is -2.12. The highest BCUT2D eigenvalue weighted by molar-refractivity contribution is 7.20. The number of thiazole rings is 1. The van der Waals surface area contributed by atoms with Gasteiger partial charge < -0.3 is 5.11 Å². The van der Waals surface area contributed by atoms with Crippen molar-refractivity contribution in [3.05, 3.63) is 76.1 Å². The molecule has 0 spiro atoms. The Bertz CT molecular complexity index is 1060. The van der Waals surface area contributed by atoms with Crippen LogP contribution in [0.25, 0.3) is 15.3 Å². The van der Waals surface area contributed by atoms with Gasteiger partial charge in [-0.25, -0.2) is 9.67 Å². The molecule has 1 N–H and O–H groups in total. The Labute approximate surface area is 154 Å². The molecule has 4 nitrogen and oxygen atoms in total. The molecule has 0 aliphatic heterocycles. The molecule has 0 fully saturated rings. The van der Waals surface area contributed by atoms with Crippen molar-refractivity contribution in [2.45, 2.75) is 20.0 Å². The molecule has 4 aromatic rings. The van der Waals surface area contributed by atoms with Gasteiger partial charge in [0.05, 0.1) is 15.9 Å². The number of rotatable bonds is 3. The van der Waals surface area contributed by atoms with Crippen LogP contribution in [-0.2, 0) is 0 Å². The fraction of sp³-hybridized carbons (Fsp3) is 0.158. The lowest BCUT2D eigenvalue weighted by Crippen LogP contribution is -2.01. The maximum absolute atomic E-state index is 10.8. The van der Waals surface area contributed by atoms with E-state index in [-0.39, 0.29) is 0 Å². The summed E-state index contributed by atoms with van der Waals surface area (Å²) in [6.07, 6.45) is -0.780. The minimum Gasteiger partial charge on any atom is -0.384 e. The fourth-order valence-corrected chi connectivity index (χ4v) is 4.29. The molecule has 6 heteroatoms. The molecule has 126 valence electrons. The number of fused-ring (bicyclic) bond motifs is 1. The van der Waals surface area contributed by atoms with E-state index in [1.807, 2.05) is 61.0 Å². The normalized spacial score (nSPS) is 12.6. The molecular weight excluding hydrogens is 354 g/mol. The van der Waals surface area contributed by atoms with Crippen molar-refractivity contribution in [2.24, 2.45) is 0 Å². The van der Waals surface area contributed by atoms with E-state index in [0.29, 0.717) is 10.6 Å². The number of aromatic nitrogens is 3. The lowest BCUT2D eigenvalue weighted by molar-refractivity contribution is 0.221. The Morgan fingerprint density at radius 1 is 1.12 bits per heavy atom. The van der Waals surface area contributed by atoms with Gasteiger partial charge in [0, 0.05) is 16.3 Å². The van der Waals surface area contributed by atoms with Crippen LogP contribution >= 0.6 is 22.9 Å². The summed E-state index contributed by atoms with van der Waals surface area (Å²) in [4.78, 5) is 4.75. The molecule has 0 saturated heterocycles. The van der Waals surface area contributed by atoms with Gasteiger partial charge in [-0.1, -0.05) is 53.3 Å². The number of aliphatic hydroxyl groups excluding tert-OH is 1. The predicted molar refractivity (Wildman–Crippen MR) is 102 cm³/mol. The van der Waals surface area contributed by atoms with Crippen LogP contribution in [0.1, 0.15) is 28.6 Å². The van der Waals surface area contributed by atoms with E-state index in [9.17, 15) is 5.11 Å². The molecule has 0 saturated carbocycles. The second-order valence-corrected chi connectivity index (χ2v) is 7.44. The van der Waals surface area contributed by atoms with Crippen LogP contribution in [0.4, 0.5) is 0 Å². The van der Waals surface area contributed by atoms with Crippen LogP contribution in [0.2, 0.25) is 5.02 Å². The van der Waals surface area contributed by atoms with Crippen molar-refractivity contribution in [3.63, 3.8) is 0 Å². The average molecular weight is 370 g/mol. The maximum atomic E-state index is 10.8. The first-order valence-electron chi connectivity index (χ1n) is 7.89. The maximum Gasteiger partial charge on any atom is 0.211 e. The summed E-state index contributed by atoms with van der Waals surface area (Å²) in [7, 11) is 0. The van der Waals surface area contributed by atoms with Crippen molar-refractivity contribution in [1.29, 1.82) is 0 Å². The van der Waals surface area contributed by atoms with Crippen molar-refractivity contribution in [2.75, 3.05) is 0 Å². The molecule has 25 heavy (non-hydrogen) atoms. The van der Waals surface area contributed by atoms with Gasteiger partial charge in [0.25, 0.3) is 0 Å². The standard InChI is InChI=1S/C19H16ClN3OS/c1-11-8-12(2)23(22-11)19-21-17-15(9-14(20)10-16(17)25-19)18(24)13-6-4-3-5-7-13/h3-10,18,24H,1-2H3/t18-/m0/s1. The summed E-state index contributed by atoms with van der Waals surface area (Å²) >= 11 is 7.80. The fourth-order valence-electron chi connectivity index (χ4n) is 2.95. The third kappa shape index (κ3) is 2.95. The molecule has 0 aliphatic rings. The quantitative estimate of drug-likeness (QED) is 0.562. The molecule has 0 unspecified atom stereocenters. The van der Waals surface area contributed by atoms with E-state index in [2.05, 4.69) is 5.10 Å². The number of aryl methyl sites for hydroxylation is 2. The Kier molecular flexibility index (Phi) is 4.07. The minimum absolute atomic E-state index is 0.584. The highest BCUT2D eigenvalue weighted by Crippen LogP contribution is 2.35. The second-order valence-electron chi connectivity index (χ2n) is 5.99. The van der Waals surface area contributed by atoms with Gasteiger partial charge in [0.1, 0.15) is 6.10 Å². The topological polar surface area (TPSA) is 50.9 Å². The van der Waals surface area contributed by atoms with Crippen molar-refractivity contribution >= 4 is 33.2 Å². The van der Waals surface area contributed by atoms with E-state index in [0.717, 1.165) is 32.3 Å². The van der Waals surface area contributed by atoms with Gasteiger partial charge in [0.2, 0.25) is 5.13 Å². The van der Waals surface area contributed by atoms with Crippen molar-refractivity contribution in [1.82, 2.24) is 14.8 Å². The summed E-state index contributed by atoms with van der Waals surface area (Å²) in [6, 6.07) is 15.2. The van der Waals surface area contributed by atoms with E-state index >= 15 is 0 Å². The van der Waals surface area contributed by atoms with E-state index in [1.165, 1.54) is 11.3 Å². The number of aliphatic hydroxyl groups is 1. The van der Waals surface area contributed by atoms with E-state index in [4.69, 9.17) is 16.6 Å². The van der Waals surface area contributed by atoms with E-state index < -0.39 is 6.10 Å². The first kappa shape index (κ1) is 16.3. The SMILES string of the molecule is Cc1cc(C)n(-c2nc3c([C@@H](O)c4ccccc4)cc(Cl)cc3s2)n1. The van der Waals surface area contributed by atoms with Gasteiger partial charge in [-0.3, -0.25) is 0 Å². The zero-order valence-electron chi connectivity index (χ0n) is 13.8. The average Bonchev–Trinajstić information content (AvgIpc) is 3.16. The molecule has 0 radical (unpaired) electrons. The molecule has 1 atom stereocenters. The smallest absolute Gasteiger partial charge is 0.211 e. The Morgan fingerprint density at radius 3 is 2.56 bits per heavy atom. The van der Waals surface area contributed by atoms with Crippen LogP contribution < -0.4 is 0 Å². The second kappa shape index (κ2) is 6.26. The van der Waals surface area contributed by atoms with Crippen LogP contribution in [-0.4, -0.2) is 19.9 Å². The Morgan fingerprint density at radius 2 is 1.88 bits per heavy atom. The monoisotopic (exact) mass is 369 g/mol. The number of benzene rings is 2. The summed E-state index contributed by atoms with van der Waals surface area (Å²) in [6.45, 7) is 3.96. The molecule has 0 amide bonds. The summed E-state index contributed by atoms with van der Waals surface area (Å²) < 4.78 is 2.76. The largest absolute Gasteiger partial charge is 0.384 e. The lowest BCUT2D eigenvalue weighted by atomic mass is 10.0. The van der Waals surface area contributed by atoms with Crippen LogP contribution in [0.5, 0.6) is 0 Å². The van der Waals surface area contributed by atoms with Gasteiger partial charge in [0.15, 0.2) is 0 Å². The minimum atomic E-state index is -0.780. The highest BCUT2D eigenvalue weighted by atomic mass is 35.5. The number of hydrogen-bond donors (Lipinski definition) is 1. The Hall–Kier alpha value is -2.21. The third-order valence-corrected chi connectivity index (χ3v) is 5.27. The first-order chi connectivity index (χ1) is 12.0. The summed E-state index contributed by atoms with van der Waals surface area (Å²) in [5, 5.41) is 16.7. The third-order valence-electron chi connectivity index (χ3n) is 4.08. The summed E-state index contributed by atoms with van der Waals surface area (Å²) in [5.41, 5.74) is 4.24. The highest BCUT2D eigenvalue weighted by Gasteiger charge is 2.19. The van der Waals surface area contributed by atoms with Crippen molar-refractivity contribution in [3.8, 4) is 5.13 Å². The zero-order valence-corrected chi connectivity index (χ0v) is 15.3. The molecular formula is C19H16ClN3OS. The summed E-state index contributed by atoms with van der Waals surface area (Å²) in [5.74, 6) is 0. The zero-order chi connectivity index (χ0) is 17.6. The van der Waals surface area contributed by atoms with Gasteiger partial charge in [-0.15, -0.1) is 0 Å². The molecule has 2 aromatic carbocycles. The molecule has 2 heterocycles. The van der Waals surface area contributed by atoms with Crippen LogP contribution in [0, 0.1) is 13.8 Å². The number of hydrogen-bond acceptors (Lipinski definition) is 4. The van der Waals surface area contributed by atoms with Gasteiger partial charge >= 0.3 is 0 Å². The number of halogens is 1. The number of nitrogens with zero attached hydrogens (tertiary/aromatic N) is 3. The molecule has 0 bridgehead atoms. The van der Waals surface area contributed by atoms with Gasteiger partial charge in [-0.05, 0) is 37.6 Å². The van der Waals surface area contributed by atoms with Crippen LogP contribution in [0.3, 0.4) is 0 Å². The molecule has 0 aliphatic carbocycles. The first-order valence-corrected chi connectivity index (χ1v) is 9.09. The predicted octanol–water partition coefficient (Wildman–Crippen LogP) is 4.83. The van der Waals surface area contributed by atoms with Crippen LogP contribution in [0.15, 0.2) is 48.5 Å². The van der Waals surface area contributed by atoms with Gasteiger partial charge in [-0.2, -0.15) is 5.10 Å². The Balaban J connectivity index is 1.89.